The molecule has 0 heterocycles. The van der Waals surface area contributed by atoms with Gasteiger partial charge in [0.05, 0.1) is 0 Å². The van der Waals surface area contributed by atoms with Crippen LogP contribution in [0.3, 0.4) is 0 Å². The van der Waals surface area contributed by atoms with Crippen molar-refractivity contribution in [1.29, 1.82) is 0 Å². The molecule has 0 aliphatic heterocycles. The van der Waals surface area contributed by atoms with Gasteiger partial charge in [0.1, 0.15) is 11.6 Å². The van der Waals surface area contributed by atoms with Crippen LogP contribution in [0, 0.1) is 17.6 Å². The van der Waals surface area contributed by atoms with Gasteiger partial charge in [0.25, 0.3) is 0 Å². The highest BCUT2D eigenvalue weighted by atomic mass is 19.1. The largest absolute Gasteiger partial charge is 0.207 e. The number of hydrogen-bond donors (Lipinski definition) is 0. The van der Waals surface area contributed by atoms with E-state index in [2.05, 4.69) is 13.8 Å². The lowest BCUT2D eigenvalue weighted by molar-refractivity contribution is 0.556. The van der Waals surface area contributed by atoms with Crippen LogP contribution in [0.2, 0.25) is 0 Å². The molecule has 18 heavy (non-hydrogen) atoms. The Bertz CT molecular complexity index is 544. The first-order chi connectivity index (χ1) is 8.58. The lowest BCUT2D eigenvalue weighted by atomic mass is 9.97. The van der Waals surface area contributed by atoms with Crippen LogP contribution in [0.1, 0.15) is 32.3 Å². The molecular weight excluding hydrogens is 230 g/mol. The van der Waals surface area contributed by atoms with E-state index < -0.39 is 0 Å². The van der Waals surface area contributed by atoms with Crippen molar-refractivity contribution in [2.24, 2.45) is 5.92 Å². The summed E-state index contributed by atoms with van der Waals surface area (Å²) >= 11 is 0. The third-order valence-electron chi connectivity index (χ3n) is 3.24. The van der Waals surface area contributed by atoms with E-state index in [1.165, 1.54) is 24.3 Å². The second-order valence-corrected chi connectivity index (χ2v) is 5.18. The minimum atomic E-state index is -0.307. The molecule has 2 aromatic rings. The molecular formula is C16H18F2. The van der Waals surface area contributed by atoms with Gasteiger partial charge in [-0.3, -0.25) is 0 Å². The summed E-state index contributed by atoms with van der Waals surface area (Å²) in [4.78, 5) is 0. The van der Waals surface area contributed by atoms with Crippen molar-refractivity contribution in [3.8, 4) is 0 Å². The Morgan fingerprint density at radius 3 is 2.50 bits per heavy atom. The number of aryl methyl sites for hydroxylation is 1. The smallest absolute Gasteiger partial charge is 0.131 e. The van der Waals surface area contributed by atoms with Gasteiger partial charge in [-0.05, 0) is 54.0 Å². The Kier molecular flexibility index (Phi) is 3.95. The zero-order valence-electron chi connectivity index (χ0n) is 10.8. The Labute approximate surface area is 107 Å². The fraction of sp³-hybridized carbons (Fsp3) is 0.375. The van der Waals surface area contributed by atoms with E-state index in [1.54, 1.807) is 6.07 Å². The second-order valence-electron chi connectivity index (χ2n) is 5.18. The van der Waals surface area contributed by atoms with Gasteiger partial charge in [0, 0.05) is 5.39 Å². The Hall–Kier alpha value is -1.44. The van der Waals surface area contributed by atoms with Gasteiger partial charge in [-0.1, -0.05) is 26.3 Å². The summed E-state index contributed by atoms with van der Waals surface area (Å²) in [6.45, 7) is 4.37. The lowest BCUT2D eigenvalue weighted by Gasteiger charge is -2.09. The van der Waals surface area contributed by atoms with Gasteiger partial charge >= 0.3 is 0 Å². The average Bonchev–Trinajstić information content (AvgIpc) is 2.31. The zero-order chi connectivity index (χ0) is 13.1. The minimum Gasteiger partial charge on any atom is -0.207 e. The summed E-state index contributed by atoms with van der Waals surface area (Å²) < 4.78 is 26.9. The fourth-order valence-corrected chi connectivity index (χ4v) is 2.26. The van der Waals surface area contributed by atoms with Crippen LogP contribution < -0.4 is 0 Å². The van der Waals surface area contributed by atoms with Crippen molar-refractivity contribution in [3.05, 3.63) is 47.5 Å². The molecule has 2 rings (SSSR count). The third-order valence-corrected chi connectivity index (χ3v) is 3.24. The van der Waals surface area contributed by atoms with E-state index in [4.69, 9.17) is 0 Å². The maximum Gasteiger partial charge on any atom is 0.131 e. The van der Waals surface area contributed by atoms with Gasteiger partial charge in [-0.15, -0.1) is 0 Å². The molecule has 0 bridgehead atoms. The first kappa shape index (κ1) is 13.0. The van der Waals surface area contributed by atoms with Crippen molar-refractivity contribution in [1.82, 2.24) is 0 Å². The van der Waals surface area contributed by atoms with E-state index in [-0.39, 0.29) is 11.6 Å². The molecule has 0 N–H and O–H groups in total. The van der Waals surface area contributed by atoms with E-state index in [9.17, 15) is 8.78 Å². The van der Waals surface area contributed by atoms with Crippen LogP contribution in [0.15, 0.2) is 30.3 Å². The molecule has 0 atom stereocenters. The SMILES string of the molecule is CC(C)CCCc1ccc(F)c2ccc(F)cc12. The number of halogens is 2. The molecule has 0 aliphatic carbocycles. The van der Waals surface area contributed by atoms with Crippen LogP contribution in [0.25, 0.3) is 10.8 Å². The summed E-state index contributed by atoms with van der Waals surface area (Å²) in [5.74, 6) is 0.0734. The van der Waals surface area contributed by atoms with Gasteiger partial charge in [0.15, 0.2) is 0 Å². The minimum absolute atomic E-state index is 0.280. The van der Waals surface area contributed by atoms with Crippen LogP contribution >= 0.6 is 0 Å². The summed E-state index contributed by atoms with van der Waals surface area (Å²) in [5.41, 5.74) is 1.03. The molecule has 2 aromatic carbocycles. The number of hydrogen-bond acceptors (Lipinski definition) is 0. The van der Waals surface area contributed by atoms with E-state index in [0.717, 1.165) is 24.8 Å². The number of rotatable bonds is 4. The molecule has 0 unspecified atom stereocenters. The molecule has 0 fully saturated rings. The molecule has 0 radical (unpaired) electrons. The highest BCUT2D eigenvalue weighted by Gasteiger charge is 2.07. The summed E-state index contributed by atoms with van der Waals surface area (Å²) in [6, 6.07) is 7.51. The fourth-order valence-electron chi connectivity index (χ4n) is 2.26. The average molecular weight is 248 g/mol. The van der Waals surface area contributed by atoms with Crippen molar-refractivity contribution in [3.63, 3.8) is 0 Å². The van der Waals surface area contributed by atoms with Gasteiger partial charge in [0.2, 0.25) is 0 Å². The highest BCUT2D eigenvalue weighted by Crippen LogP contribution is 2.24. The summed E-state index contributed by atoms with van der Waals surface area (Å²) in [5, 5.41) is 1.22. The Balaban J connectivity index is 2.32. The monoisotopic (exact) mass is 248 g/mol. The van der Waals surface area contributed by atoms with Crippen LogP contribution in [0.5, 0.6) is 0 Å². The quantitative estimate of drug-likeness (QED) is 0.706. The van der Waals surface area contributed by atoms with Gasteiger partial charge in [-0.2, -0.15) is 0 Å². The molecule has 0 saturated heterocycles. The number of fused-ring (bicyclic) bond motifs is 1. The predicted molar refractivity (Wildman–Crippen MR) is 71.6 cm³/mol. The van der Waals surface area contributed by atoms with E-state index in [1.807, 2.05) is 0 Å². The van der Waals surface area contributed by atoms with Crippen molar-refractivity contribution in [2.45, 2.75) is 33.1 Å². The Morgan fingerprint density at radius 2 is 1.78 bits per heavy atom. The molecule has 0 nitrogen and oxygen atoms in total. The predicted octanol–water partition coefficient (Wildman–Crippen LogP) is 5.10. The molecule has 96 valence electrons. The molecule has 0 aliphatic rings. The number of benzene rings is 2. The van der Waals surface area contributed by atoms with Crippen molar-refractivity contribution >= 4 is 10.8 Å². The second kappa shape index (κ2) is 5.47. The first-order valence-corrected chi connectivity index (χ1v) is 6.44. The van der Waals surface area contributed by atoms with Gasteiger partial charge in [-0.25, -0.2) is 8.78 Å². The van der Waals surface area contributed by atoms with Crippen molar-refractivity contribution < 1.29 is 8.78 Å². The molecule has 0 saturated carbocycles. The summed E-state index contributed by atoms with van der Waals surface area (Å²) in [6.07, 6.45) is 3.06. The van der Waals surface area contributed by atoms with Gasteiger partial charge < -0.3 is 0 Å². The van der Waals surface area contributed by atoms with E-state index >= 15 is 0 Å². The van der Waals surface area contributed by atoms with Crippen LogP contribution in [-0.2, 0) is 6.42 Å². The zero-order valence-corrected chi connectivity index (χ0v) is 10.8. The van der Waals surface area contributed by atoms with Crippen LogP contribution in [-0.4, -0.2) is 0 Å². The van der Waals surface area contributed by atoms with E-state index in [0.29, 0.717) is 16.7 Å². The third kappa shape index (κ3) is 2.87. The standard InChI is InChI=1S/C16H18F2/c1-11(2)4-3-5-12-6-9-16(18)14-8-7-13(17)10-15(12)14/h6-11H,3-5H2,1-2H3. The van der Waals surface area contributed by atoms with Crippen molar-refractivity contribution in [2.75, 3.05) is 0 Å². The highest BCUT2D eigenvalue weighted by molar-refractivity contribution is 5.86. The first-order valence-electron chi connectivity index (χ1n) is 6.44. The molecule has 2 heteroatoms. The molecule has 0 aromatic heterocycles. The normalized spacial score (nSPS) is 11.4. The molecule has 0 amide bonds. The van der Waals surface area contributed by atoms with Crippen LogP contribution in [0.4, 0.5) is 8.78 Å². The summed E-state index contributed by atoms with van der Waals surface area (Å²) in [7, 11) is 0. The lowest BCUT2D eigenvalue weighted by Crippen LogP contribution is -1.94. The Morgan fingerprint density at radius 1 is 1.00 bits per heavy atom. The topological polar surface area (TPSA) is 0 Å². The molecule has 0 spiro atoms. The maximum absolute atomic E-state index is 13.6. The maximum atomic E-state index is 13.6.